The summed E-state index contributed by atoms with van der Waals surface area (Å²) in [6.07, 6.45) is 1.62. The first kappa shape index (κ1) is 15.8. The fourth-order valence-electron chi connectivity index (χ4n) is 2.89. The van der Waals surface area contributed by atoms with E-state index in [1.165, 1.54) is 11.3 Å². The van der Waals surface area contributed by atoms with Crippen molar-refractivity contribution < 1.29 is 4.74 Å². The molecule has 0 spiro atoms. The molecule has 7 heteroatoms. The molecular formula is C17H17BrN4OS. The zero-order valence-corrected chi connectivity index (χ0v) is 15.4. The number of anilines is 2. The number of halogens is 1. The summed E-state index contributed by atoms with van der Waals surface area (Å²) in [4.78, 5) is 12.1. The predicted molar refractivity (Wildman–Crippen MR) is 102 cm³/mol. The van der Waals surface area contributed by atoms with Gasteiger partial charge in [0.15, 0.2) is 0 Å². The number of benzene rings is 1. The van der Waals surface area contributed by atoms with Gasteiger partial charge in [0.2, 0.25) is 0 Å². The van der Waals surface area contributed by atoms with Gasteiger partial charge in [-0.3, -0.25) is 0 Å². The molecule has 1 saturated heterocycles. The van der Waals surface area contributed by atoms with Crippen molar-refractivity contribution >= 4 is 49.0 Å². The molecule has 2 aromatic heterocycles. The van der Waals surface area contributed by atoms with E-state index in [1.54, 1.807) is 17.7 Å². The first-order valence-electron chi connectivity index (χ1n) is 7.84. The van der Waals surface area contributed by atoms with Crippen molar-refractivity contribution in [3.63, 3.8) is 0 Å². The first-order chi connectivity index (χ1) is 11.8. The van der Waals surface area contributed by atoms with E-state index in [2.05, 4.69) is 60.4 Å². The third-order valence-corrected chi connectivity index (χ3v) is 5.42. The summed E-state index contributed by atoms with van der Waals surface area (Å²) < 4.78 is 6.57. The Morgan fingerprint density at radius 3 is 2.96 bits per heavy atom. The minimum absolute atomic E-state index is 0.724. The molecule has 24 heavy (non-hydrogen) atoms. The highest BCUT2D eigenvalue weighted by molar-refractivity contribution is 9.10. The van der Waals surface area contributed by atoms with Gasteiger partial charge >= 0.3 is 0 Å². The molecule has 1 aromatic carbocycles. The molecule has 4 rings (SSSR count). The third-order valence-electron chi connectivity index (χ3n) is 4.11. The molecule has 3 heterocycles. The van der Waals surface area contributed by atoms with E-state index in [-0.39, 0.29) is 0 Å². The molecular weight excluding hydrogens is 388 g/mol. The summed E-state index contributed by atoms with van der Waals surface area (Å²) in [5, 5.41) is 6.59. The Kier molecular flexibility index (Phi) is 4.64. The zero-order chi connectivity index (χ0) is 16.4. The summed E-state index contributed by atoms with van der Waals surface area (Å²) in [6.45, 7) is 4.13. The van der Waals surface area contributed by atoms with Gasteiger partial charge in [-0.25, -0.2) is 9.97 Å². The molecule has 1 fully saturated rings. The van der Waals surface area contributed by atoms with Gasteiger partial charge in [0.05, 0.1) is 18.6 Å². The highest BCUT2D eigenvalue weighted by Crippen LogP contribution is 2.28. The molecule has 1 aliphatic rings. The lowest BCUT2D eigenvalue weighted by molar-refractivity contribution is 0.122. The van der Waals surface area contributed by atoms with Crippen molar-refractivity contribution in [1.82, 2.24) is 9.97 Å². The fraction of sp³-hybridized carbons (Fsp3) is 0.294. The van der Waals surface area contributed by atoms with Gasteiger partial charge in [0.25, 0.3) is 0 Å². The van der Waals surface area contributed by atoms with Crippen molar-refractivity contribution in [1.29, 1.82) is 0 Å². The van der Waals surface area contributed by atoms with E-state index in [0.717, 1.165) is 53.4 Å². The second kappa shape index (κ2) is 7.04. The molecule has 0 bridgehead atoms. The van der Waals surface area contributed by atoms with E-state index in [4.69, 9.17) is 4.74 Å². The van der Waals surface area contributed by atoms with Crippen molar-refractivity contribution in [3.05, 3.63) is 46.0 Å². The third kappa shape index (κ3) is 3.24. The van der Waals surface area contributed by atoms with Crippen molar-refractivity contribution in [2.75, 3.05) is 36.5 Å². The van der Waals surface area contributed by atoms with Gasteiger partial charge in [-0.1, -0.05) is 22.0 Å². The van der Waals surface area contributed by atoms with E-state index in [1.807, 2.05) is 5.38 Å². The Labute approximate surface area is 152 Å². The van der Waals surface area contributed by atoms with Crippen molar-refractivity contribution in [2.45, 2.75) is 6.54 Å². The lowest BCUT2D eigenvalue weighted by Crippen LogP contribution is -2.36. The lowest BCUT2D eigenvalue weighted by atomic mass is 10.1. The Hall–Kier alpha value is -1.70. The maximum Gasteiger partial charge on any atom is 0.138 e. The van der Waals surface area contributed by atoms with E-state index < -0.39 is 0 Å². The average Bonchev–Trinajstić information content (AvgIpc) is 3.11. The van der Waals surface area contributed by atoms with Crippen LogP contribution in [0.2, 0.25) is 0 Å². The first-order valence-corrected chi connectivity index (χ1v) is 9.52. The summed E-state index contributed by atoms with van der Waals surface area (Å²) >= 11 is 5.22. The molecule has 5 nitrogen and oxygen atoms in total. The normalized spacial score (nSPS) is 15.0. The maximum absolute atomic E-state index is 5.48. The number of thiophene rings is 1. The van der Waals surface area contributed by atoms with Crippen LogP contribution >= 0.6 is 27.3 Å². The van der Waals surface area contributed by atoms with Crippen molar-refractivity contribution in [2.24, 2.45) is 0 Å². The van der Waals surface area contributed by atoms with Gasteiger partial charge in [0, 0.05) is 29.8 Å². The van der Waals surface area contributed by atoms with Crippen LogP contribution in [-0.4, -0.2) is 36.3 Å². The van der Waals surface area contributed by atoms with E-state index in [9.17, 15) is 0 Å². The molecule has 0 saturated carbocycles. The minimum Gasteiger partial charge on any atom is -0.378 e. The molecule has 1 N–H and O–H groups in total. The Balaban J connectivity index is 1.59. The van der Waals surface area contributed by atoms with Crippen LogP contribution in [0.15, 0.2) is 40.4 Å². The maximum atomic E-state index is 5.48. The summed E-state index contributed by atoms with van der Waals surface area (Å²) in [5.41, 5.74) is 2.50. The molecule has 0 radical (unpaired) electrons. The number of nitrogens with one attached hydrogen (secondary N) is 1. The summed E-state index contributed by atoms with van der Waals surface area (Å²) in [5.74, 6) is 0.886. The van der Waals surface area contributed by atoms with Gasteiger partial charge in [0.1, 0.15) is 17.0 Å². The fourth-order valence-corrected chi connectivity index (χ4v) is 3.98. The smallest absolute Gasteiger partial charge is 0.138 e. The number of fused-ring (bicyclic) bond motifs is 1. The van der Waals surface area contributed by atoms with Crippen LogP contribution in [-0.2, 0) is 11.3 Å². The molecule has 1 aliphatic heterocycles. The number of rotatable bonds is 4. The average molecular weight is 405 g/mol. The molecule has 0 amide bonds. The predicted octanol–water partition coefficient (Wildman–Crippen LogP) is 3.90. The highest BCUT2D eigenvalue weighted by atomic mass is 79.9. The summed E-state index contributed by atoms with van der Waals surface area (Å²) in [6, 6.07) is 8.49. The standard InChI is InChI=1S/C17H17BrN4OS/c18-13-2-1-12(15(9-13)22-4-6-23-7-5-22)10-19-16-14-3-8-24-17(14)21-11-20-16/h1-3,8-9,11H,4-7,10H2,(H,19,20,21). The minimum atomic E-state index is 0.724. The van der Waals surface area contributed by atoms with Gasteiger partial charge < -0.3 is 15.0 Å². The van der Waals surface area contributed by atoms with Gasteiger partial charge in [-0.05, 0) is 29.1 Å². The van der Waals surface area contributed by atoms with E-state index in [0.29, 0.717) is 0 Å². The molecule has 124 valence electrons. The van der Waals surface area contributed by atoms with Crippen LogP contribution in [0.3, 0.4) is 0 Å². The quantitative estimate of drug-likeness (QED) is 0.714. The number of ether oxygens (including phenoxy) is 1. The second-order valence-corrected chi connectivity index (χ2v) is 7.40. The molecule has 0 atom stereocenters. The Morgan fingerprint density at radius 2 is 2.08 bits per heavy atom. The molecule has 0 unspecified atom stereocenters. The monoisotopic (exact) mass is 404 g/mol. The van der Waals surface area contributed by atoms with E-state index >= 15 is 0 Å². The Bertz CT molecular complexity index is 847. The number of morpholine rings is 1. The van der Waals surface area contributed by atoms with Crippen LogP contribution in [0.25, 0.3) is 10.2 Å². The van der Waals surface area contributed by atoms with Crippen LogP contribution in [0, 0.1) is 0 Å². The second-order valence-electron chi connectivity index (χ2n) is 5.59. The topological polar surface area (TPSA) is 50.3 Å². The zero-order valence-electron chi connectivity index (χ0n) is 13.0. The van der Waals surface area contributed by atoms with Gasteiger partial charge in [-0.15, -0.1) is 11.3 Å². The van der Waals surface area contributed by atoms with Crippen molar-refractivity contribution in [3.8, 4) is 0 Å². The lowest BCUT2D eigenvalue weighted by Gasteiger charge is -2.31. The Morgan fingerprint density at radius 1 is 1.21 bits per heavy atom. The number of hydrogen-bond acceptors (Lipinski definition) is 6. The van der Waals surface area contributed by atoms with Crippen LogP contribution in [0.1, 0.15) is 5.56 Å². The largest absolute Gasteiger partial charge is 0.378 e. The van der Waals surface area contributed by atoms with Gasteiger partial charge in [-0.2, -0.15) is 0 Å². The van der Waals surface area contributed by atoms with Crippen LogP contribution in [0.5, 0.6) is 0 Å². The SMILES string of the molecule is Brc1ccc(CNc2ncnc3sccc23)c(N2CCOCC2)c1. The van der Waals surface area contributed by atoms with Crippen LogP contribution in [0.4, 0.5) is 11.5 Å². The highest BCUT2D eigenvalue weighted by Gasteiger charge is 2.15. The van der Waals surface area contributed by atoms with Crippen LogP contribution < -0.4 is 10.2 Å². The molecule has 0 aliphatic carbocycles. The number of hydrogen-bond donors (Lipinski definition) is 1. The molecule has 3 aromatic rings. The number of aromatic nitrogens is 2. The number of nitrogens with zero attached hydrogens (tertiary/aromatic N) is 3. The summed E-state index contributed by atoms with van der Waals surface area (Å²) in [7, 11) is 0.